The normalized spacial score (nSPS) is 22.3. The third-order valence-electron chi connectivity index (χ3n) is 2.74. The molecule has 0 bridgehead atoms. The lowest BCUT2D eigenvalue weighted by Gasteiger charge is -2.27. The van der Waals surface area contributed by atoms with Crippen molar-refractivity contribution in [3.8, 4) is 0 Å². The molecule has 0 atom stereocenters. The Labute approximate surface area is 87.7 Å². The van der Waals surface area contributed by atoms with Gasteiger partial charge in [0.1, 0.15) is 0 Å². The molecule has 1 fully saturated rings. The van der Waals surface area contributed by atoms with E-state index in [9.17, 15) is 5.11 Å². The second-order valence-corrected chi connectivity index (χ2v) is 4.88. The lowest BCUT2D eigenvalue weighted by Crippen LogP contribution is -2.40. The highest BCUT2D eigenvalue weighted by molar-refractivity contribution is 4.75. The lowest BCUT2D eigenvalue weighted by molar-refractivity contribution is 0.0375. The second-order valence-electron chi connectivity index (χ2n) is 4.88. The van der Waals surface area contributed by atoms with Gasteiger partial charge >= 0.3 is 0 Å². The zero-order valence-corrected chi connectivity index (χ0v) is 9.79. The Bertz CT molecular complexity index is 165. The van der Waals surface area contributed by atoms with E-state index in [0.717, 1.165) is 32.7 Å². The fourth-order valence-electron chi connectivity index (χ4n) is 2.05. The van der Waals surface area contributed by atoms with Crippen LogP contribution in [-0.4, -0.2) is 59.8 Å². The Morgan fingerprint density at radius 2 is 1.64 bits per heavy atom. The molecular formula is C11H24N2O. The van der Waals surface area contributed by atoms with Crippen molar-refractivity contribution in [3.05, 3.63) is 0 Å². The Morgan fingerprint density at radius 3 is 2.21 bits per heavy atom. The molecule has 0 spiro atoms. The Balaban J connectivity index is 2.34. The summed E-state index contributed by atoms with van der Waals surface area (Å²) in [5, 5.41) is 9.73. The number of hydrogen-bond donors (Lipinski definition) is 1. The van der Waals surface area contributed by atoms with Crippen molar-refractivity contribution in [1.29, 1.82) is 0 Å². The van der Waals surface area contributed by atoms with E-state index in [0.29, 0.717) is 0 Å². The highest BCUT2D eigenvalue weighted by Crippen LogP contribution is 2.08. The quantitative estimate of drug-likeness (QED) is 0.729. The zero-order chi connectivity index (χ0) is 10.6. The Morgan fingerprint density at radius 1 is 1.07 bits per heavy atom. The van der Waals surface area contributed by atoms with Gasteiger partial charge in [0.05, 0.1) is 5.60 Å². The molecule has 0 amide bonds. The molecule has 1 aliphatic heterocycles. The van der Waals surface area contributed by atoms with Crippen molar-refractivity contribution in [2.24, 2.45) is 0 Å². The molecule has 0 saturated carbocycles. The number of rotatable bonds is 3. The molecule has 1 heterocycles. The number of hydrogen-bond acceptors (Lipinski definition) is 3. The van der Waals surface area contributed by atoms with E-state index in [-0.39, 0.29) is 0 Å². The highest BCUT2D eigenvalue weighted by Gasteiger charge is 2.20. The molecule has 0 aromatic carbocycles. The van der Waals surface area contributed by atoms with Crippen LogP contribution in [0.2, 0.25) is 0 Å². The predicted molar refractivity (Wildman–Crippen MR) is 59.5 cm³/mol. The number of likely N-dealkylation sites (N-methyl/N-ethyl adjacent to an activating group) is 1. The van der Waals surface area contributed by atoms with Gasteiger partial charge in [0, 0.05) is 19.6 Å². The van der Waals surface area contributed by atoms with Crippen molar-refractivity contribution in [3.63, 3.8) is 0 Å². The lowest BCUT2D eigenvalue weighted by atomic mass is 10.1. The molecule has 3 heteroatoms. The van der Waals surface area contributed by atoms with E-state index < -0.39 is 5.60 Å². The van der Waals surface area contributed by atoms with E-state index in [2.05, 4.69) is 16.7 Å². The van der Waals surface area contributed by atoms with Crippen LogP contribution in [0.4, 0.5) is 0 Å². The Hall–Kier alpha value is -0.120. The first-order valence-electron chi connectivity index (χ1n) is 5.68. The maximum atomic E-state index is 9.73. The van der Waals surface area contributed by atoms with Gasteiger partial charge in [-0.2, -0.15) is 0 Å². The SMILES string of the molecule is CCN1CCCN(CC(C)(C)O)CC1. The first kappa shape index (κ1) is 12.0. The molecule has 0 aromatic heterocycles. The fourth-order valence-corrected chi connectivity index (χ4v) is 2.05. The van der Waals surface area contributed by atoms with Crippen molar-refractivity contribution < 1.29 is 5.11 Å². The summed E-state index contributed by atoms with van der Waals surface area (Å²) in [4.78, 5) is 4.85. The van der Waals surface area contributed by atoms with Gasteiger partial charge in [0.25, 0.3) is 0 Å². The standard InChI is InChI=1S/C11H24N2O/c1-4-12-6-5-7-13(9-8-12)10-11(2,3)14/h14H,4-10H2,1-3H3. The van der Waals surface area contributed by atoms with Crippen LogP contribution in [0.15, 0.2) is 0 Å². The summed E-state index contributed by atoms with van der Waals surface area (Å²) in [7, 11) is 0. The van der Waals surface area contributed by atoms with E-state index in [1.807, 2.05) is 13.8 Å². The van der Waals surface area contributed by atoms with Gasteiger partial charge in [0.2, 0.25) is 0 Å². The third-order valence-corrected chi connectivity index (χ3v) is 2.74. The predicted octanol–water partition coefficient (Wildman–Crippen LogP) is 0.785. The number of β-amino-alcohol motifs (C(OH)–C–C–N with tert-alkyl or cyclic N) is 1. The van der Waals surface area contributed by atoms with Gasteiger partial charge in [-0.25, -0.2) is 0 Å². The van der Waals surface area contributed by atoms with Crippen LogP contribution in [0.3, 0.4) is 0 Å². The first-order valence-corrected chi connectivity index (χ1v) is 5.68. The van der Waals surface area contributed by atoms with Crippen LogP contribution in [0.5, 0.6) is 0 Å². The smallest absolute Gasteiger partial charge is 0.0718 e. The summed E-state index contributed by atoms with van der Waals surface area (Å²) in [5.41, 5.74) is -0.554. The number of aliphatic hydroxyl groups is 1. The molecular weight excluding hydrogens is 176 g/mol. The summed E-state index contributed by atoms with van der Waals surface area (Å²) < 4.78 is 0. The van der Waals surface area contributed by atoms with E-state index in [1.165, 1.54) is 13.0 Å². The monoisotopic (exact) mass is 200 g/mol. The largest absolute Gasteiger partial charge is 0.389 e. The van der Waals surface area contributed by atoms with Gasteiger partial charge in [-0.3, -0.25) is 4.90 Å². The van der Waals surface area contributed by atoms with Crippen LogP contribution in [-0.2, 0) is 0 Å². The summed E-state index contributed by atoms with van der Waals surface area (Å²) >= 11 is 0. The van der Waals surface area contributed by atoms with Gasteiger partial charge in [-0.1, -0.05) is 6.92 Å². The van der Waals surface area contributed by atoms with Crippen LogP contribution in [0, 0.1) is 0 Å². The molecule has 0 unspecified atom stereocenters. The van der Waals surface area contributed by atoms with Crippen molar-refractivity contribution in [2.45, 2.75) is 32.8 Å². The summed E-state index contributed by atoms with van der Waals surface area (Å²) in [6.07, 6.45) is 1.23. The van der Waals surface area contributed by atoms with E-state index in [4.69, 9.17) is 0 Å². The number of nitrogens with zero attached hydrogens (tertiary/aromatic N) is 2. The summed E-state index contributed by atoms with van der Waals surface area (Å²) in [6, 6.07) is 0. The van der Waals surface area contributed by atoms with Crippen molar-refractivity contribution >= 4 is 0 Å². The molecule has 0 aromatic rings. The van der Waals surface area contributed by atoms with Crippen LogP contribution in [0.1, 0.15) is 27.2 Å². The average molecular weight is 200 g/mol. The van der Waals surface area contributed by atoms with Gasteiger partial charge in [-0.05, 0) is 39.9 Å². The maximum absolute atomic E-state index is 9.73. The Kier molecular flexibility index (Phi) is 4.35. The summed E-state index contributed by atoms with van der Waals surface area (Å²) in [5.74, 6) is 0. The third kappa shape index (κ3) is 4.40. The zero-order valence-electron chi connectivity index (χ0n) is 9.79. The molecule has 0 aliphatic carbocycles. The molecule has 3 nitrogen and oxygen atoms in total. The van der Waals surface area contributed by atoms with Crippen molar-refractivity contribution in [1.82, 2.24) is 9.80 Å². The average Bonchev–Trinajstić information content (AvgIpc) is 2.27. The van der Waals surface area contributed by atoms with Gasteiger partial charge < -0.3 is 10.0 Å². The van der Waals surface area contributed by atoms with Gasteiger partial charge in [0.15, 0.2) is 0 Å². The first-order chi connectivity index (χ1) is 6.51. The minimum atomic E-state index is -0.554. The topological polar surface area (TPSA) is 26.7 Å². The van der Waals surface area contributed by atoms with Crippen LogP contribution in [0.25, 0.3) is 0 Å². The van der Waals surface area contributed by atoms with E-state index >= 15 is 0 Å². The van der Waals surface area contributed by atoms with Crippen molar-refractivity contribution in [2.75, 3.05) is 39.3 Å². The molecule has 1 rings (SSSR count). The molecule has 1 N–H and O–H groups in total. The summed E-state index contributed by atoms with van der Waals surface area (Å²) in [6.45, 7) is 12.5. The van der Waals surface area contributed by atoms with Crippen LogP contribution >= 0.6 is 0 Å². The molecule has 84 valence electrons. The minimum Gasteiger partial charge on any atom is -0.389 e. The molecule has 14 heavy (non-hydrogen) atoms. The molecule has 1 saturated heterocycles. The minimum absolute atomic E-state index is 0.554. The maximum Gasteiger partial charge on any atom is 0.0718 e. The second kappa shape index (κ2) is 5.10. The highest BCUT2D eigenvalue weighted by atomic mass is 16.3. The fraction of sp³-hybridized carbons (Fsp3) is 1.00. The molecule has 0 radical (unpaired) electrons. The molecule has 1 aliphatic rings. The van der Waals surface area contributed by atoms with Crippen LogP contribution < -0.4 is 0 Å². The van der Waals surface area contributed by atoms with E-state index in [1.54, 1.807) is 0 Å². The van der Waals surface area contributed by atoms with Gasteiger partial charge in [-0.15, -0.1) is 0 Å².